The van der Waals surface area contributed by atoms with Crippen molar-refractivity contribution in [2.45, 2.75) is 25.9 Å². The molecule has 8 heteroatoms. The molecule has 6 nitrogen and oxygen atoms in total. The van der Waals surface area contributed by atoms with E-state index in [-0.39, 0.29) is 5.56 Å². The van der Waals surface area contributed by atoms with Crippen LogP contribution < -0.4 is 10.9 Å². The monoisotopic (exact) mass is 336 g/mol. The summed E-state index contributed by atoms with van der Waals surface area (Å²) in [5.41, 5.74) is 0.432. The molecule has 1 atom stereocenters. The first-order valence-corrected chi connectivity index (χ1v) is 8.64. The molecular weight excluding hydrogens is 320 g/mol. The summed E-state index contributed by atoms with van der Waals surface area (Å²) in [6, 6.07) is 3.39. The smallest absolute Gasteiger partial charge is 0.275 e. The fourth-order valence-electron chi connectivity index (χ4n) is 2.03. The Kier molecular flexibility index (Phi) is 3.98. The van der Waals surface area contributed by atoms with E-state index in [4.69, 9.17) is 0 Å². The van der Waals surface area contributed by atoms with Gasteiger partial charge in [0.15, 0.2) is 0 Å². The van der Waals surface area contributed by atoms with Gasteiger partial charge in [0.1, 0.15) is 5.60 Å². The molecule has 0 aliphatic carbocycles. The van der Waals surface area contributed by atoms with Crippen LogP contribution in [0.1, 0.15) is 25.1 Å². The summed E-state index contributed by atoms with van der Waals surface area (Å²) in [6.07, 6.45) is 0.708. The maximum Gasteiger partial charge on any atom is 0.275 e. The van der Waals surface area contributed by atoms with Crippen molar-refractivity contribution < 1.29 is 5.11 Å². The van der Waals surface area contributed by atoms with E-state index in [2.05, 4.69) is 15.4 Å². The zero-order valence-corrected chi connectivity index (χ0v) is 13.9. The lowest BCUT2D eigenvalue weighted by molar-refractivity contribution is 0.0720. The topological polar surface area (TPSA) is 79.5 Å². The minimum Gasteiger partial charge on any atom is -0.384 e. The molecule has 0 saturated heterocycles. The molecule has 0 saturated carbocycles. The Morgan fingerprint density at radius 2 is 2.32 bits per heavy atom. The van der Waals surface area contributed by atoms with E-state index in [1.807, 2.05) is 23.8 Å². The third-order valence-corrected chi connectivity index (χ3v) is 4.94. The molecule has 1 unspecified atom stereocenters. The Bertz CT molecular complexity index is 836. The highest BCUT2D eigenvalue weighted by atomic mass is 32.1. The molecule has 22 heavy (non-hydrogen) atoms. The van der Waals surface area contributed by atoms with Crippen LogP contribution in [0.2, 0.25) is 0 Å². The van der Waals surface area contributed by atoms with Gasteiger partial charge in [-0.1, -0.05) is 18.3 Å². The predicted molar refractivity (Wildman–Crippen MR) is 88.9 cm³/mol. The second-order valence-electron chi connectivity index (χ2n) is 5.18. The van der Waals surface area contributed by atoms with E-state index in [0.717, 1.165) is 11.3 Å². The normalized spacial score (nSPS) is 14.1. The van der Waals surface area contributed by atoms with Crippen LogP contribution in [0.5, 0.6) is 0 Å². The largest absolute Gasteiger partial charge is 0.384 e. The van der Waals surface area contributed by atoms with Crippen molar-refractivity contribution in [3.8, 4) is 0 Å². The average molecular weight is 336 g/mol. The number of nitrogens with one attached hydrogen (secondary N) is 1. The maximum atomic E-state index is 12.0. The molecule has 0 bridgehead atoms. The Morgan fingerprint density at radius 3 is 3.00 bits per heavy atom. The Balaban J connectivity index is 1.83. The van der Waals surface area contributed by atoms with E-state index in [0.29, 0.717) is 23.1 Å². The van der Waals surface area contributed by atoms with Crippen LogP contribution in [0.15, 0.2) is 27.7 Å². The van der Waals surface area contributed by atoms with Crippen LogP contribution in [0, 0.1) is 0 Å². The van der Waals surface area contributed by atoms with Gasteiger partial charge in [-0.15, -0.1) is 5.10 Å². The number of aliphatic hydroxyl groups is 1. The van der Waals surface area contributed by atoms with Crippen molar-refractivity contribution in [2.75, 3.05) is 11.9 Å². The molecule has 116 valence electrons. The van der Waals surface area contributed by atoms with Crippen molar-refractivity contribution in [1.82, 2.24) is 14.6 Å². The van der Waals surface area contributed by atoms with Gasteiger partial charge >= 0.3 is 0 Å². The van der Waals surface area contributed by atoms with Crippen LogP contribution in [-0.4, -0.2) is 26.2 Å². The highest BCUT2D eigenvalue weighted by molar-refractivity contribution is 7.20. The minimum atomic E-state index is -0.995. The first-order chi connectivity index (χ1) is 10.5. The number of hydrogen-bond acceptors (Lipinski definition) is 7. The average Bonchev–Trinajstić information content (AvgIpc) is 3.14. The fraction of sp³-hybridized carbons (Fsp3) is 0.357. The second kappa shape index (κ2) is 5.79. The van der Waals surface area contributed by atoms with Gasteiger partial charge < -0.3 is 10.4 Å². The first kappa shape index (κ1) is 15.1. The van der Waals surface area contributed by atoms with Gasteiger partial charge in [0.2, 0.25) is 10.1 Å². The zero-order chi connectivity index (χ0) is 15.7. The van der Waals surface area contributed by atoms with Gasteiger partial charge in [-0.2, -0.15) is 15.9 Å². The second-order valence-corrected chi connectivity index (χ2v) is 6.92. The molecule has 0 spiro atoms. The molecule has 0 aliphatic heterocycles. The molecule has 3 aromatic rings. The van der Waals surface area contributed by atoms with E-state index in [9.17, 15) is 9.90 Å². The maximum absolute atomic E-state index is 12.0. The number of thiophene rings is 1. The van der Waals surface area contributed by atoms with Crippen molar-refractivity contribution in [2.24, 2.45) is 0 Å². The molecular formula is C14H16N4O2S2. The van der Waals surface area contributed by atoms with Crippen LogP contribution in [0.4, 0.5) is 5.13 Å². The predicted octanol–water partition coefficient (Wildman–Crippen LogP) is 2.09. The fourth-order valence-corrected chi connectivity index (χ4v) is 3.63. The summed E-state index contributed by atoms with van der Waals surface area (Å²) in [6.45, 7) is 4.00. The minimum absolute atomic E-state index is 0.184. The van der Waals surface area contributed by atoms with Gasteiger partial charge in [-0.25, -0.2) is 4.98 Å². The quantitative estimate of drug-likeness (QED) is 0.746. The van der Waals surface area contributed by atoms with Crippen molar-refractivity contribution >= 4 is 32.8 Å². The Morgan fingerprint density at radius 1 is 1.50 bits per heavy atom. The van der Waals surface area contributed by atoms with E-state index in [1.165, 1.54) is 21.9 Å². The summed E-state index contributed by atoms with van der Waals surface area (Å²) >= 11 is 2.84. The van der Waals surface area contributed by atoms with Gasteiger partial charge in [0.25, 0.3) is 5.56 Å². The molecule has 0 aliphatic rings. The molecule has 0 fully saturated rings. The van der Waals surface area contributed by atoms with Gasteiger partial charge in [0.05, 0.1) is 0 Å². The third kappa shape index (κ3) is 2.90. The lowest BCUT2D eigenvalue weighted by Crippen LogP contribution is -2.30. The van der Waals surface area contributed by atoms with E-state index < -0.39 is 5.60 Å². The summed E-state index contributed by atoms with van der Waals surface area (Å²) in [5.74, 6) is 0. The lowest BCUT2D eigenvalue weighted by atomic mass is 10.00. The zero-order valence-electron chi connectivity index (χ0n) is 12.2. The van der Waals surface area contributed by atoms with Crippen LogP contribution in [0.25, 0.3) is 4.96 Å². The summed E-state index contributed by atoms with van der Waals surface area (Å²) in [5, 5.41) is 22.2. The molecule has 3 aromatic heterocycles. The summed E-state index contributed by atoms with van der Waals surface area (Å²) in [7, 11) is 0. The molecule has 3 rings (SSSR count). The van der Waals surface area contributed by atoms with Crippen LogP contribution >= 0.6 is 22.7 Å². The molecule has 0 amide bonds. The van der Waals surface area contributed by atoms with Crippen molar-refractivity contribution in [3.63, 3.8) is 0 Å². The highest BCUT2D eigenvalue weighted by Gasteiger charge is 2.24. The third-order valence-electron chi connectivity index (χ3n) is 3.39. The SMILES string of the molecule is CCc1cc(=O)n2nc(NCC(C)(O)c3ccsc3)sc2n1. The van der Waals surface area contributed by atoms with Crippen molar-refractivity contribution in [3.05, 3.63) is 44.5 Å². The van der Waals surface area contributed by atoms with Crippen molar-refractivity contribution in [1.29, 1.82) is 0 Å². The van der Waals surface area contributed by atoms with Gasteiger partial charge in [-0.05, 0) is 35.7 Å². The molecule has 2 N–H and O–H groups in total. The standard InChI is InChI=1S/C14H16N4O2S2/c1-3-10-6-11(19)18-13(16-10)22-12(17-18)15-8-14(2,20)9-4-5-21-7-9/h4-7,20H,3,8H2,1-2H3,(H,15,17). The highest BCUT2D eigenvalue weighted by Crippen LogP contribution is 2.24. The summed E-state index contributed by atoms with van der Waals surface area (Å²) < 4.78 is 1.28. The Labute approximate surface area is 135 Å². The van der Waals surface area contributed by atoms with Crippen LogP contribution in [-0.2, 0) is 12.0 Å². The number of hydrogen-bond donors (Lipinski definition) is 2. The lowest BCUT2D eigenvalue weighted by Gasteiger charge is -2.22. The molecule has 0 aromatic carbocycles. The molecule has 0 radical (unpaired) electrons. The number of nitrogens with zero attached hydrogens (tertiary/aromatic N) is 3. The van der Waals surface area contributed by atoms with E-state index in [1.54, 1.807) is 18.3 Å². The van der Waals surface area contributed by atoms with Gasteiger partial charge in [0, 0.05) is 18.3 Å². The van der Waals surface area contributed by atoms with E-state index >= 15 is 0 Å². The molecule has 3 heterocycles. The number of fused-ring (bicyclic) bond motifs is 1. The van der Waals surface area contributed by atoms with Gasteiger partial charge in [-0.3, -0.25) is 4.79 Å². The number of aromatic nitrogens is 3. The number of rotatable bonds is 5. The Hall–Kier alpha value is -1.77. The number of anilines is 1. The number of aryl methyl sites for hydroxylation is 1. The first-order valence-electron chi connectivity index (χ1n) is 6.88. The summed E-state index contributed by atoms with van der Waals surface area (Å²) in [4.78, 5) is 16.9. The van der Waals surface area contributed by atoms with Crippen LogP contribution in [0.3, 0.4) is 0 Å².